The molecule has 0 radical (unpaired) electrons. The average Bonchev–Trinajstić information content (AvgIpc) is 2.93. The van der Waals surface area contributed by atoms with Gasteiger partial charge in [-0.15, -0.1) is 11.3 Å². The number of aliphatic hydroxyl groups is 1. The van der Waals surface area contributed by atoms with Gasteiger partial charge in [-0.3, -0.25) is 4.79 Å². The molecule has 20 heavy (non-hydrogen) atoms. The third-order valence-corrected chi connectivity index (χ3v) is 5.27. The van der Waals surface area contributed by atoms with Gasteiger partial charge in [0.1, 0.15) is 0 Å². The summed E-state index contributed by atoms with van der Waals surface area (Å²) in [7, 11) is 0. The maximum atomic E-state index is 11.9. The van der Waals surface area contributed by atoms with Gasteiger partial charge in [-0.2, -0.15) is 11.8 Å². The van der Waals surface area contributed by atoms with E-state index >= 15 is 0 Å². The molecule has 2 heterocycles. The molecule has 2 N–H and O–H groups in total. The van der Waals surface area contributed by atoms with Gasteiger partial charge >= 0.3 is 0 Å². The van der Waals surface area contributed by atoms with Crippen LogP contribution in [0.2, 0.25) is 0 Å². The van der Waals surface area contributed by atoms with Gasteiger partial charge in [-0.25, -0.2) is 0 Å². The first kappa shape index (κ1) is 15.6. The maximum Gasteiger partial charge on any atom is 0.244 e. The van der Waals surface area contributed by atoms with Crippen LogP contribution in [0.5, 0.6) is 0 Å². The highest BCUT2D eigenvalue weighted by atomic mass is 32.2. The fourth-order valence-electron chi connectivity index (χ4n) is 2.24. The highest BCUT2D eigenvalue weighted by Gasteiger charge is 2.15. The number of thioether (sulfide) groups is 1. The number of allylic oxidation sites excluding steroid dienone is 1. The van der Waals surface area contributed by atoms with Crippen LogP contribution in [0.1, 0.15) is 37.2 Å². The van der Waals surface area contributed by atoms with Crippen molar-refractivity contribution in [2.24, 2.45) is 0 Å². The lowest BCUT2D eigenvalue weighted by Crippen LogP contribution is -2.32. The number of hydrogen-bond donors (Lipinski definition) is 2. The second-order valence-electron chi connectivity index (χ2n) is 5.09. The van der Waals surface area contributed by atoms with Crippen LogP contribution in [-0.2, 0) is 4.79 Å². The number of rotatable bonds is 5. The molecule has 1 aromatic heterocycles. The number of nitrogens with one attached hydrogen (secondary N) is 1. The molecular formula is C15H21NO2S2. The molecule has 1 amide bonds. The number of thiophene rings is 1. The molecular weight excluding hydrogens is 290 g/mol. The Hall–Kier alpha value is -0.780. The summed E-state index contributed by atoms with van der Waals surface area (Å²) in [5.74, 6) is 2.20. The molecule has 2 unspecified atom stereocenters. The third-order valence-electron chi connectivity index (χ3n) is 3.31. The lowest BCUT2D eigenvalue weighted by atomic mass is 10.1. The molecule has 0 aliphatic carbocycles. The Balaban J connectivity index is 1.78. The Bertz CT molecular complexity index is 448. The van der Waals surface area contributed by atoms with Crippen LogP contribution in [0.25, 0.3) is 0 Å². The zero-order valence-corrected chi connectivity index (χ0v) is 13.3. The Labute approximate surface area is 128 Å². The van der Waals surface area contributed by atoms with Crippen molar-refractivity contribution >= 4 is 29.0 Å². The van der Waals surface area contributed by atoms with Crippen molar-refractivity contribution in [1.29, 1.82) is 0 Å². The summed E-state index contributed by atoms with van der Waals surface area (Å²) in [5.41, 5.74) is 1.24. The zero-order valence-electron chi connectivity index (χ0n) is 11.7. The van der Waals surface area contributed by atoms with Crippen molar-refractivity contribution in [3.8, 4) is 0 Å². The van der Waals surface area contributed by atoms with Crippen molar-refractivity contribution in [3.63, 3.8) is 0 Å². The standard InChI is InChI=1S/C15H21NO2S2/c1-11(9-13(17)14-3-2-6-20-14)16-15(18)10-12-4-7-19-8-5-12/h2-3,6,10-11,13,17H,4-5,7-9H2,1H3,(H,16,18). The normalized spacial score (nSPS) is 18.4. The first-order valence-electron chi connectivity index (χ1n) is 6.94. The summed E-state index contributed by atoms with van der Waals surface area (Å²) in [6.07, 6.45) is 3.83. The number of hydrogen-bond acceptors (Lipinski definition) is 4. The Morgan fingerprint density at radius 3 is 2.90 bits per heavy atom. The molecule has 2 rings (SSSR count). The van der Waals surface area contributed by atoms with E-state index in [-0.39, 0.29) is 11.9 Å². The van der Waals surface area contributed by atoms with Crippen LogP contribution >= 0.6 is 23.1 Å². The minimum absolute atomic E-state index is 0.0298. The summed E-state index contributed by atoms with van der Waals surface area (Å²) >= 11 is 3.49. The van der Waals surface area contributed by atoms with Gasteiger partial charge in [0, 0.05) is 17.0 Å². The summed E-state index contributed by atoms with van der Waals surface area (Å²) in [6, 6.07) is 3.82. The van der Waals surface area contributed by atoms with Gasteiger partial charge in [0.25, 0.3) is 0 Å². The maximum absolute atomic E-state index is 11.9. The average molecular weight is 311 g/mol. The van der Waals surface area contributed by atoms with Crippen LogP contribution in [0.4, 0.5) is 0 Å². The van der Waals surface area contributed by atoms with E-state index in [1.807, 2.05) is 36.2 Å². The zero-order chi connectivity index (χ0) is 14.4. The Morgan fingerprint density at radius 1 is 1.50 bits per heavy atom. The topological polar surface area (TPSA) is 49.3 Å². The molecule has 3 nitrogen and oxygen atoms in total. The highest BCUT2D eigenvalue weighted by Crippen LogP contribution is 2.23. The van der Waals surface area contributed by atoms with E-state index in [1.54, 1.807) is 17.4 Å². The van der Waals surface area contributed by atoms with Crippen LogP contribution in [-0.4, -0.2) is 28.6 Å². The predicted octanol–water partition coefficient (Wildman–Crippen LogP) is 3.13. The molecule has 110 valence electrons. The van der Waals surface area contributed by atoms with E-state index < -0.39 is 6.10 Å². The summed E-state index contributed by atoms with van der Waals surface area (Å²) in [4.78, 5) is 12.9. The molecule has 1 aromatic rings. The molecule has 1 fully saturated rings. The number of carbonyl (C=O) groups is 1. The van der Waals surface area contributed by atoms with Crippen molar-refractivity contribution in [3.05, 3.63) is 34.0 Å². The van der Waals surface area contributed by atoms with Crippen molar-refractivity contribution in [2.75, 3.05) is 11.5 Å². The largest absolute Gasteiger partial charge is 0.387 e. The molecule has 2 atom stereocenters. The predicted molar refractivity (Wildman–Crippen MR) is 86.1 cm³/mol. The van der Waals surface area contributed by atoms with Gasteiger partial charge in [-0.05, 0) is 49.1 Å². The molecule has 0 bridgehead atoms. The monoisotopic (exact) mass is 311 g/mol. The highest BCUT2D eigenvalue weighted by molar-refractivity contribution is 7.99. The number of aliphatic hydroxyl groups excluding tert-OH is 1. The van der Waals surface area contributed by atoms with E-state index in [4.69, 9.17) is 0 Å². The minimum atomic E-state index is -0.496. The van der Waals surface area contributed by atoms with Crippen LogP contribution < -0.4 is 5.32 Å². The first-order chi connectivity index (χ1) is 9.65. The summed E-state index contributed by atoms with van der Waals surface area (Å²) in [6.45, 7) is 1.93. The van der Waals surface area contributed by atoms with E-state index in [0.29, 0.717) is 6.42 Å². The Kier molecular flexibility index (Phi) is 6.13. The van der Waals surface area contributed by atoms with E-state index in [2.05, 4.69) is 5.32 Å². The molecule has 1 aliphatic rings. The van der Waals surface area contributed by atoms with Crippen molar-refractivity contribution < 1.29 is 9.90 Å². The first-order valence-corrected chi connectivity index (χ1v) is 8.97. The van der Waals surface area contributed by atoms with Crippen LogP contribution in [0.3, 0.4) is 0 Å². The molecule has 0 saturated carbocycles. The quantitative estimate of drug-likeness (QED) is 0.821. The summed E-state index contributed by atoms with van der Waals surface area (Å²) < 4.78 is 0. The smallest absolute Gasteiger partial charge is 0.244 e. The van der Waals surface area contributed by atoms with Crippen molar-refractivity contribution in [2.45, 2.75) is 38.3 Å². The van der Waals surface area contributed by atoms with Crippen LogP contribution in [0, 0.1) is 0 Å². The lowest BCUT2D eigenvalue weighted by Gasteiger charge is -2.17. The van der Waals surface area contributed by atoms with E-state index in [9.17, 15) is 9.90 Å². The van der Waals surface area contributed by atoms with Gasteiger partial charge < -0.3 is 10.4 Å². The van der Waals surface area contributed by atoms with Gasteiger partial charge in [0.05, 0.1) is 6.10 Å². The molecule has 0 aromatic carbocycles. The van der Waals surface area contributed by atoms with Gasteiger partial charge in [0.2, 0.25) is 5.91 Å². The van der Waals surface area contributed by atoms with Gasteiger partial charge in [0.15, 0.2) is 0 Å². The minimum Gasteiger partial charge on any atom is -0.387 e. The number of carbonyl (C=O) groups excluding carboxylic acids is 1. The fourth-order valence-corrected chi connectivity index (χ4v) is 3.98. The fraction of sp³-hybridized carbons (Fsp3) is 0.533. The lowest BCUT2D eigenvalue weighted by molar-refractivity contribution is -0.117. The van der Waals surface area contributed by atoms with Crippen LogP contribution in [0.15, 0.2) is 29.2 Å². The SMILES string of the molecule is CC(CC(O)c1cccs1)NC(=O)C=C1CCSCC1. The molecule has 0 spiro atoms. The van der Waals surface area contributed by atoms with Crippen molar-refractivity contribution in [1.82, 2.24) is 5.32 Å². The van der Waals surface area contributed by atoms with Gasteiger partial charge in [-0.1, -0.05) is 11.6 Å². The third kappa shape index (κ3) is 4.96. The molecule has 1 aliphatic heterocycles. The second-order valence-corrected chi connectivity index (χ2v) is 7.30. The van der Waals surface area contributed by atoms with E-state index in [1.165, 1.54) is 5.57 Å². The second kappa shape index (κ2) is 7.86. The molecule has 1 saturated heterocycles. The number of amides is 1. The summed E-state index contributed by atoms with van der Waals surface area (Å²) in [5, 5.41) is 14.9. The molecule has 5 heteroatoms. The Morgan fingerprint density at radius 2 is 2.25 bits per heavy atom. The van der Waals surface area contributed by atoms with E-state index in [0.717, 1.165) is 29.2 Å².